The lowest BCUT2D eigenvalue weighted by Crippen LogP contribution is -2.55. The fraction of sp³-hybridized carbons (Fsp3) is 1.00. The monoisotopic (exact) mass is 254 g/mol. The largest absolute Gasteiger partial charge is 0.460 e. The summed E-state index contributed by atoms with van der Waals surface area (Å²) in [5, 5.41) is 0. The Hall–Kier alpha value is -0.280. The molecular weight excluding hydrogens is 251 g/mol. The van der Waals surface area contributed by atoms with Gasteiger partial charge in [0.2, 0.25) is 0 Å². The predicted octanol–water partition coefficient (Wildman–Crippen LogP) is 3.20. The lowest BCUT2D eigenvalue weighted by molar-refractivity contribution is -0.375. The van der Waals surface area contributed by atoms with Gasteiger partial charge >= 0.3 is 24.4 Å². The Balaban J connectivity index is 0. The van der Waals surface area contributed by atoms with Crippen molar-refractivity contribution in [3.05, 3.63) is 0 Å². The molecule has 0 spiro atoms. The molecule has 0 aliphatic carbocycles. The molecule has 0 saturated heterocycles. The quantitative estimate of drug-likeness (QED) is 0.664. The van der Waals surface area contributed by atoms with Crippen molar-refractivity contribution >= 4 is 13.5 Å². The molecule has 10 heteroatoms. The molecule has 0 fully saturated rings. The third-order valence-corrected chi connectivity index (χ3v) is 1.05. The third-order valence-electron chi connectivity index (χ3n) is 1.05. The highest BCUT2D eigenvalue weighted by Gasteiger charge is 2.76. The minimum atomic E-state index is -6.73. The van der Waals surface area contributed by atoms with Gasteiger partial charge in [-0.05, 0) is 0 Å². The zero-order chi connectivity index (χ0) is 11.1. The molecule has 0 nitrogen and oxygen atoms in total. The minimum Gasteiger partial charge on any atom is -0.203 e. The molecule has 0 atom stereocenters. The summed E-state index contributed by atoms with van der Waals surface area (Å²) >= 11 is 0. The molecule has 0 rings (SSSR count). The number of hydrogen-bond acceptors (Lipinski definition) is 0. The molecule has 0 aromatic heterocycles. The summed E-state index contributed by atoms with van der Waals surface area (Å²) in [4.78, 5) is 0. The van der Waals surface area contributed by atoms with Crippen molar-refractivity contribution in [1.82, 2.24) is 0 Å². The van der Waals surface area contributed by atoms with Gasteiger partial charge in [-0.1, -0.05) is 0 Å². The summed E-state index contributed by atoms with van der Waals surface area (Å²) in [5.41, 5.74) is 0. The van der Waals surface area contributed by atoms with Crippen LogP contribution in [0.25, 0.3) is 0 Å². The van der Waals surface area contributed by atoms with Gasteiger partial charge < -0.3 is 0 Å². The lowest BCUT2D eigenvalue weighted by atomic mass is 10.2. The van der Waals surface area contributed by atoms with Gasteiger partial charge in [0, 0.05) is 0 Å². The van der Waals surface area contributed by atoms with Crippen molar-refractivity contribution < 1.29 is 39.5 Å². The Morgan fingerprint density at radius 3 is 1.07 bits per heavy atom. The summed E-state index contributed by atoms with van der Waals surface area (Å²) in [6, 6.07) is 0. The minimum absolute atomic E-state index is 0. The zero-order valence-electron chi connectivity index (χ0n) is 5.98. The average molecular weight is 254 g/mol. The Morgan fingerprint density at radius 1 is 0.714 bits per heavy atom. The normalized spacial score (nSPS) is 14.1. The van der Waals surface area contributed by atoms with Gasteiger partial charge in [-0.25, -0.2) is 8.78 Å². The molecule has 88 valence electrons. The molecule has 14 heavy (non-hydrogen) atoms. The molecule has 0 aromatic carbocycles. The van der Waals surface area contributed by atoms with Crippen LogP contribution < -0.4 is 0 Å². The van der Waals surface area contributed by atoms with Crippen molar-refractivity contribution in [2.75, 3.05) is 0 Å². The Bertz CT molecular complexity index is 182. The van der Waals surface area contributed by atoms with Gasteiger partial charge in [-0.3, -0.25) is 0 Å². The number of hydrogen-bond donors (Lipinski definition) is 0. The summed E-state index contributed by atoms with van der Waals surface area (Å²) in [5.74, 6) is -13.1. The molecule has 0 amide bonds. The summed E-state index contributed by atoms with van der Waals surface area (Å²) in [7, 11) is 0. The van der Waals surface area contributed by atoms with E-state index in [1.165, 1.54) is 0 Å². The van der Waals surface area contributed by atoms with E-state index in [4.69, 9.17) is 0 Å². The SMILES string of the molecule is FC(F)C(F)(F)C(F)(F)C(F)(F)F.S. The number of halogens is 9. The van der Waals surface area contributed by atoms with E-state index in [0.29, 0.717) is 0 Å². The molecular formula is C4H3F9S. The van der Waals surface area contributed by atoms with Crippen LogP contribution in [0.15, 0.2) is 0 Å². The summed E-state index contributed by atoms with van der Waals surface area (Å²) in [6.07, 6.45) is -11.8. The fourth-order valence-corrected chi connectivity index (χ4v) is 0.326. The highest BCUT2D eigenvalue weighted by Crippen LogP contribution is 2.48. The average Bonchev–Trinajstić information content (AvgIpc) is 1.84. The lowest BCUT2D eigenvalue weighted by Gasteiger charge is -2.27. The second-order valence-electron chi connectivity index (χ2n) is 2.00. The van der Waals surface area contributed by atoms with Crippen molar-refractivity contribution in [3.8, 4) is 0 Å². The molecule has 0 bridgehead atoms. The maximum absolute atomic E-state index is 11.6. The standard InChI is InChI=1S/C4HF9.H2S/c5-1(6)2(7,8)3(9,10)4(11,12)13;/h1H;1H2. The first-order valence-corrected chi connectivity index (χ1v) is 2.55. The molecule has 0 radical (unpaired) electrons. The topological polar surface area (TPSA) is 0 Å². The van der Waals surface area contributed by atoms with E-state index in [9.17, 15) is 39.5 Å². The maximum Gasteiger partial charge on any atom is 0.460 e. The Labute approximate surface area is 78.5 Å². The van der Waals surface area contributed by atoms with Gasteiger partial charge in [0.15, 0.2) is 0 Å². The van der Waals surface area contributed by atoms with Crippen molar-refractivity contribution in [1.29, 1.82) is 0 Å². The van der Waals surface area contributed by atoms with Gasteiger partial charge in [-0.15, -0.1) is 0 Å². The van der Waals surface area contributed by atoms with Crippen molar-refractivity contribution in [2.24, 2.45) is 0 Å². The first-order chi connectivity index (χ1) is 5.44. The van der Waals surface area contributed by atoms with Crippen LogP contribution in [0.5, 0.6) is 0 Å². The summed E-state index contributed by atoms with van der Waals surface area (Å²) in [6.45, 7) is 0. The third kappa shape index (κ3) is 2.39. The van der Waals surface area contributed by atoms with Crippen LogP contribution in [-0.2, 0) is 0 Å². The van der Waals surface area contributed by atoms with Crippen LogP contribution in [-0.4, -0.2) is 24.4 Å². The van der Waals surface area contributed by atoms with Crippen LogP contribution in [0.2, 0.25) is 0 Å². The summed E-state index contributed by atoms with van der Waals surface area (Å²) < 4.78 is 102. The Kier molecular flexibility index (Phi) is 4.70. The number of rotatable bonds is 2. The van der Waals surface area contributed by atoms with Gasteiger partial charge in [0.25, 0.3) is 0 Å². The first-order valence-electron chi connectivity index (χ1n) is 2.55. The van der Waals surface area contributed by atoms with E-state index in [-0.39, 0.29) is 13.5 Å². The predicted molar refractivity (Wildman–Crippen MR) is 32.3 cm³/mol. The highest BCUT2D eigenvalue weighted by molar-refractivity contribution is 7.59. The van der Waals surface area contributed by atoms with Gasteiger partial charge in [0.05, 0.1) is 0 Å². The fourth-order valence-electron chi connectivity index (χ4n) is 0.326. The van der Waals surface area contributed by atoms with Crippen LogP contribution in [0, 0.1) is 0 Å². The molecule has 0 heterocycles. The molecule has 0 saturated carbocycles. The first kappa shape index (κ1) is 16.2. The van der Waals surface area contributed by atoms with Gasteiger partial charge in [0.1, 0.15) is 0 Å². The highest BCUT2D eigenvalue weighted by atomic mass is 32.1. The van der Waals surface area contributed by atoms with Crippen molar-refractivity contribution in [3.63, 3.8) is 0 Å². The zero-order valence-corrected chi connectivity index (χ0v) is 6.98. The van der Waals surface area contributed by atoms with Crippen LogP contribution in [0.3, 0.4) is 0 Å². The van der Waals surface area contributed by atoms with Crippen LogP contribution in [0.4, 0.5) is 39.5 Å². The van der Waals surface area contributed by atoms with E-state index in [1.807, 2.05) is 0 Å². The van der Waals surface area contributed by atoms with Gasteiger partial charge in [-0.2, -0.15) is 44.2 Å². The van der Waals surface area contributed by atoms with E-state index < -0.39 is 24.4 Å². The second kappa shape index (κ2) is 4.07. The van der Waals surface area contributed by atoms with E-state index in [0.717, 1.165) is 0 Å². The van der Waals surface area contributed by atoms with E-state index >= 15 is 0 Å². The van der Waals surface area contributed by atoms with E-state index in [2.05, 4.69) is 0 Å². The Morgan fingerprint density at radius 2 is 1.00 bits per heavy atom. The maximum atomic E-state index is 11.6. The molecule has 0 aliphatic rings. The van der Waals surface area contributed by atoms with E-state index in [1.54, 1.807) is 0 Å². The second-order valence-corrected chi connectivity index (χ2v) is 2.00. The van der Waals surface area contributed by atoms with Crippen LogP contribution in [0.1, 0.15) is 0 Å². The van der Waals surface area contributed by atoms with Crippen LogP contribution >= 0.6 is 13.5 Å². The smallest absolute Gasteiger partial charge is 0.203 e. The molecule has 0 aliphatic heterocycles. The van der Waals surface area contributed by atoms with Crippen molar-refractivity contribution in [2.45, 2.75) is 24.4 Å². The number of alkyl halides is 9. The molecule has 0 aromatic rings. The molecule has 0 N–H and O–H groups in total. The molecule has 0 unspecified atom stereocenters.